The molecule has 0 aromatic heterocycles. The molecule has 0 bridgehead atoms. The number of thioether (sulfide) groups is 1. The first-order valence-electron chi connectivity index (χ1n) is 8.11. The fourth-order valence-corrected chi connectivity index (χ4v) is 3.86. The fraction of sp³-hybridized carbons (Fsp3) is 0.867. The van der Waals surface area contributed by atoms with Gasteiger partial charge in [-0.1, -0.05) is 19.3 Å². The highest BCUT2D eigenvalue weighted by Crippen LogP contribution is 2.17. The van der Waals surface area contributed by atoms with Gasteiger partial charge in [-0.05, 0) is 12.8 Å². The molecule has 2 aliphatic rings. The normalized spacial score (nSPS) is 23.5. The Labute approximate surface area is 131 Å². The minimum absolute atomic E-state index is 0.0421. The van der Waals surface area contributed by atoms with Crippen LogP contribution in [0.2, 0.25) is 0 Å². The number of hydrogen-bond acceptors (Lipinski definition) is 4. The predicted molar refractivity (Wildman–Crippen MR) is 86.4 cm³/mol. The lowest BCUT2D eigenvalue weighted by molar-refractivity contribution is -0.123. The van der Waals surface area contributed by atoms with Crippen molar-refractivity contribution < 1.29 is 9.59 Å². The van der Waals surface area contributed by atoms with Gasteiger partial charge in [-0.15, -0.1) is 0 Å². The zero-order valence-corrected chi connectivity index (χ0v) is 13.5. The zero-order valence-electron chi connectivity index (χ0n) is 12.7. The highest BCUT2D eigenvalue weighted by molar-refractivity contribution is 7.99. The van der Waals surface area contributed by atoms with Gasteiger partial charge < -0.3 is 16.0 Å². The van der Waals surface area contributed by atoms with Crippen LogP contribution in [0.3, 0.4) is 0 Å². The zero-order chi connectivity index (χ0) is 14.9. The van der Waals surface area contributed by atoms with Crippen molar-refractivity contribution >= 4 is 23.6 Å². The molecule has 2 rings (SSSR count). The van der Waals surface area contributed by atoms with Gasteiger partial charge in [0.25, 0.3) is 0 Å². The number of hydrogen-bond donors (Lipinski definition) is 3. The molecule has 2 fully saturated rings. The summed E-state index contributed by atoms with van der Waals surface area (Å²) < 4.78 is 0. The molecule has 1 saturated carbocycles. The third-order valence-electron chi connectivity index (χ3n) is 4.07. The van der Waals surface area contributed by atoms with Crippen LogP contribution in [-0.2, 0) is 9.59 Å². The van der Waals surface area contributed by atoms with Gasteiger partial charge in [0.1, 0.15) is 0 Å². The maximum Gasteiger partial charge on any atom is 0.221 e. The Morgan fingerprint density at radius 2 is 1.95 bits per heavy atom. The van der Waals surface area contributed by atoms with Gasteiger partial charge in [-0.2, -0.15) is 11.8 Å². The summed E-state index contributed by atoms with van der Waals surface area (Å²) in [7, 11) is 0. The summed E-state index contributed by atoms with van der Waals surface area (Å²) in [4.78, 5) is 23.6. The van der Waals surface area contributed by atoms with Crippen molar-refractivity contribution in [1.29, 1.82) is 0 Å². The summed E-state index contributed by atoms with van der Waals surface area (Å²) in [5.41, 5.74) is 0. The van der Waals surface area contributed by atoms with Gasteiger partial charge in [0.05, 0.1) is 0 Å². The number of carbonyl (C=O) groups excluding carboxylic acids is 2. The topological polar surface area (TPSA) is 70.2 Å². The molecule has 0 spiro atoms. The van der Waals surface area contributed by atoms with Crippen molar-refractivity contribution in [2.24, 2.45) is 0 Å². The number of amides is 2. The van der Waals surface area contributed by atoms with Gasteiger partial charge in [0.15, 0.2) is 0 Å². The molecule has 5 nitrogen and oxygen atoms in total. The van der Waals surface area contributed by atoms with Crippen molar-refractivity contribution in [2.75, 3.05) is 24.6 Å². The molecule has 1 saturated heterocycles. The maximum atomic E-state index is 11.8. The highest BCUT2D eigenvalue weighted by Gasteiger charge is 2.17. The Balaban J connectivity index is 1.53. The van der Waals surface area contributed by atoms with Gasteiger partial charge in [0.2, 0.25) is 11.8 Å². The summed E-state index contributed by atoms with van der Waals surface area (Å²) in [6, 6.07) is 0.630. The molecule has 1 unspecified atom stereocenters. The Morgan fingerprint density at radius 1 is 1.14 bits per heavy atom. The number of carbonyl (C=O) groups is 2. The molecule has 0 aromatic carbocycles. The average Bonchev–Trinajstić information content (AvgIpc) is 2.49. The quantitative estimate of drug-likeness (QED) is 0.685. The van der Waals surface area contributed by atoms with E-state index in [9.17, 15) is 9.59 Å². The molecule has 21 heavy (non-hydrogen) atoms. The first kappa shape index (κ1) is 16.6. The van der Waals surface area contributed by atoms with Crippen molar-refractivity contribution in [3.63, 3.8) is 0 Å². The van der Waals surface area contributed by atoms with E-state index in [1.54, 1.807) is 0 Å². The first-order chi connectivity index (χ1) is 10.2. The van der Waals surface area contributed by atoms with Crippen LogP contribution in [0.5, 0.6) is 0 Å². The van der Waals surface area contributed by atoms with Gasteiger partial charge in [0, 0.05) is 49.5 Å². The van der Waals surface area contributed by atoms with E-state index >= 15 is 0 Å². The van der Waals surface area contributed by atoms with Crippen LogP contribution in [0, 0.1) is 0 Å². The van der Waals surface area contributed by atoms with E-state index in [1.807, 2.05) is 11.8 Å². The minimum Gasteiger partial charge on any atom is -0.356 e. The summed E-state index contributed by atoms with van der Waals surface area (Å²) >= 11 is 1.89. The van der Waals surface area contributed by atoms with Crippen molar-refractivity contribution in [2.45, 2.75) is 57.0 Å². The second-order valence-corrected chi connectivity index (χ2v) is 7.08. The fourth-order valence-electron chi connectivity index (χ4n) is 2.91. The Bertz CT molecular complexity index is 308. The van der Waals surface area contributed by atoms with E-state index in [0.717, 1.165) is 30.9 Å². The molecule has 120 valence electrons. The van der Waals surface area contributed by atoms with Crippen molar-refractivity contribution in [1.82, 2.24) is 16.0 Å². The monoisotopic (exact) mass is 313 g/mol. The van der Waals surface area contributed by atoms with E-state index in [2.05, 4.69) is 16.0 Å². The number of rotatable bonds is 6. The third-order valence-corrected chi connectivity index (χ3v) is 5.21. The molecule has 1 aliphatic heterocycles. The first-order valence-corrected chi connectivity index (χ1v) is 9.26. The molecule has 2 amide bonds. The van der Waals surface area contributed by atoms with Crippen LogP contribution in [0.15, 0.2) is 0 Å². The van der Waals surface area contributed by atoms with E-state index in [4.69, 9.17) is 0 Å². The van der Waals surface area contributed by atoms with Crippen LogP contribution in [0.4, 0.5) is 0 Å². The van der Waals surface area contributed by atoms with Crippen molar-refractivity contribution in [3.05, 3.63) is 0 Å². The maximum absolute atomic E-state index is 11.8. The summed E-state index contributed by atoms with van der Waals surface area (Å²) in [6.45, 7) is 1.42. The lowest BCUT2D eigenvalue weighted by Gasteiger charge is -2.23. The molecule has 1 atom stereocenters. The van der Waals surface area contributed by atoms with Gasteiger partial charge >= 0.3 is 0 Å². The Kier molecular flexibility index (Phi) is 7.36. The molecule has 3 N–H and O–H groups in total. The second-order valence-electron chi connectivity index (χ2n) is 5.93. The standard InChI is InChI=1S/C15H27N3O2S/c19-14(18-12-4-2-1-3-5-12)6-7-17-15(20)10-13-11-21-9-8-16-13/h12-13,16H,1-11H2,(H,17,20)(H,18,19). The minimum atomic E-state index is 0.0421. The molecule has 6 heteroatoms. The largest absolute Gasteiger partial charge is 0.356 e. The van der Waals surface area contributed by atoms with Gasteiger partial charge in [-0.25, -0.2) is 0 Å². The van der Waals surface area contributed by atoms with Crippen LogP contribution in [-0.4, -0.2) is 48.5 Å². The molecule has 0 radical (unpaired) electrons. The van der Waals surface area contributed by atoms with Crippen LogP contribution in [0.25, 0.3) is 0 Å². The van der Waals surface area contributed by atoms with Crippen molar-refractivity contribution in [3.8, 4) is 0 Å². The molecule has 1 heterocycles. The Morgan fingerprint density at radius 3 is 2.67 bits per heavy atom. The van der Waals surface area contributed by atoms with E-state index in [1.165, 1.54) is 19.3 Å². The SMILES string of the molecule is O=C(CC1CSCCN1)NCCC(=O)NC1CCCCC1. The Hall–Kier alpha value is -0.750. The summed E-state index contributed by atoms with van der Waals surface area (Å²) in [6.07, 6.45) is 6.82. The van der Waals surface area contributed by atoms with Gasteiger partial charge in [-0.3, -0.25) is 9.59 Å². The van der Waals surface area contributed by atoms with Crippen LogP contribution in [0.1, 0.15) is 44.9 Å². The van der Waals surface area contributed by atoms with Crippen LogP contribution >= 0.6 is 11.8 Å². The molecular formula is C15H27N3O2S. The van der Waals surface area contributed by atoms with E-state index < -0.39 is 0 Å². The second kappa shape index (κ2) is 9.30. The van der Waals surface area contributed by atoms with E-state index in [0.29, 0.717) is 25.4 Å². The number of nitrogens with one attached hydrogen (secondary N) is 3. The predicted octanol–water partition coefficient (Wildman–Crippen LogP) is 1.04. The molecule has 0 aromatic rings. The lowest BCUT2D eigenvalue weighted by Crippen LogP contribution is -2.42. The average molecular weight is 313 g/mol. The molecular weight excluding hydrogens is 286 g/mol. The summed E-state index contributed by atoms with van der Waals surface area (Å²) in [5.74, 6) is 2.23. The highest BCUT2D eigenvalue weighted by atomic mass is 32.2. The smallest absolute Gasteiger partial charge is 0.221 e. The van der Waals surface area contributed by atoms with E-state index in [-0.39, 0.29) is 17.9 Å². The molecule has 1 aliphatic carbocycles. The van der Waals surface area contributed by atoms with Crippen LogP contribution < -0.4 is 16.0 Å². The third kappa shape index (κ3) is 6.70. The lowest BCUT2D eigenvalue weighted by atomic mass is 9.95. The summed E-state index contributed by atoms with van der Waals surface area (Å²) in [5, 5.41) is 9.26.